The summed E-state index contributed by atoms with van der Waals surface area (Å²) in [7, 11) is 0. The first-order valence-corrected chi connectivity index (χ1v) is 7.01. The van der Waals surface area contributed by atoms with Gasteiger partial charge in [-0.3, -0.25) is 4.79 Å². The number of halogens is 2. The third-order valence-corrected chi connectivity index (χ3v) is 3.36. The van der Waals surface area contributed by atoms with Crippen molar-refractivity contribution in [1.82, 2.24) is 0 Å². The van der Waals surface area contributed by atoms with Crippen LogP contribution >= 0.6 is 27.5 Å². The molecule has 0 aliphatic carbocycles. The van der Waals surface area contributed by atoms with Gasteiger partial charge in [0.1, 0.15) is 5.75 Å². The number of benzene rings is 2. The lowest BCUT2D eigenvalue weighted by Gasteiger charge is -2.04. The summed E-state index contributed by atoms with van der Waals surface area (Å²) < 4.78 is 6.18. The first-order chi connectivity index (χ1) is 9.13. The molecule has 0 N–H and O–H groups in total. The Labute approximate surface area is 125 Å². The molecule has 0 unspecified atom stereocenters. The molecule has 0 radical (unpaired) electrons. The second-order valence-electron chi connectivity index (χ2n) is 4.05. The van der Waals surface area contributed by atoms with Crippen molar-refractivity contribution in [3.8, 4) is 5.75 Å². The third-order valence-electron chi connectivity index (χ3n) is 2.58. The van der Waals surface area contributed by atoms with E-state index in [2.05, 4.69) is 15.9 Å². The zero-order chi connectivity index (χ0) is 13.7. The first kappa shape index (κ1) is 14.1. The normalized spacial score (nSPS) is 10.2. The highest BCUT2D eigenvalue weighted by Gasteiger charge is 2.05. The molecule has 0 spiro atoms. The van der Waals surface area contributed by atoms with Crippen LogP contribution in [0.5, 0.6) is 5.75 Å². The van der Waals surface area contributed by atoms with Crippen LogP contribution in [0, 0.1) is 0 Å². The summed E-state index contributed by atoms with van der Waals surface area (Å²) in [6, 6.07) is 14.6. The van der Waals surface area contributed by atoms with Gasteiger partial charge in [-0.2, -0.15) is 0 Å². The van der Waals surface area contributed by atoms with Crippen LogP contribution in [-0.4, -0.2) is 5.97 Å². The first-order valence-electron chi connectivity index (χ1n) is 5.84. The molecular weight excluding hydrogens is 328 g/mol. The van der Waals surface area contributed by atoms with Gasteiger partial charge in [-0.1, -0.05) is 39.7 Å². The molecule has 0 heterocycles. The zero-order valence-corrected chi connectivity index (χ0v) is 12.4. The maximum atomic E-state index is 11.7. The van der Waals surface area contributed by atoms with Crippen LogP contribution in [0.15, 0.2) is 53.0 Å². The molecule has 0 fully saturated rings. The molecule has 2 nitrogen and oxygen atoms in total. The van der Waals surface area contributed by atoms with Gasteiger partial charge in [0.15, 0.2) is 0 Å². The summed E-state index contributed by atoms with van der Waals surface area (Å²) in [5.41, 5.74) is 1.07. The van der Waals surface area contributed by atoms with Crippen molar-refractivity contribution in [1.29, 1.82) is 0 Å². The van der Waals surface area contributed by atoms with Crippen molar-refractivity contribution < 1.29 is 9.53 Å². The molecule has 0 saturated carbocycles. The van der Waals surface area contributed by atoms with E-state index in [1.54, 1.807) is 12.1 Å². The molecule has 2 aromatic rings. The predicted molar refractivity (Wildman–Crippen MR) is 79.6 cm³/mol. The Hall–Kier alpha value is -1.32. The highest BCUT2D eigenvalue weighted by molar-refractivity contribution is 9.10. The molecule has 0 saturated heterocycles. The molecule has 0 aromatic heterocycles. The largest absolute Gasteiger partial charge is 0.427 e. The average molecular weight is 340 g/mol. The lowest BCUT2D eigenvalue weighted by Crippen LogP contribution is -2.08. The number of carbonyl (C=O) groups is 1. The topological polar surface area (TPSA) is 26.3 Å². The van der Waals surface area contributed by atoms with Crippen molar-refractivity contribution in [3.63, 3.8) is 0 Å². The van der Waals surface area contributed by atoms with Crippen LogP contribution in [0.2, 0.25) is 5.02 Å². The third kappa shape index (κ3) is 4.69. The molecule has 19 heavy (non-hydrogen) atoms. The van der Waals surface area contributed by atoms with Crippen LogP contribution in [0.3, 0.4) is 0 Å². The van der Waals surface area contributed by atoms with Crippen molar-refractivity contribution in [3.05, 3.63) is 63.6 Å². The van der Waals surface area contributed by atoms with Gasteiger partial charge in [0, 0.05) is 15.9 Å². The van der Waals surface area contributed by atoms with Crippen molar-refractivity contribution in [2.75, 3.05) is 0 Å². The summed E-state index contributed by atoms with van der Waals surface area (Å²) in [6.07, 6.45) is 0.990. The molecule has 98 valence electrons. The van der Waals surface area contributed by atoms with E-state index < -0.39 is 0 Å². The summed E-state index contributed by atoms with van der Waals surface area (Å²) in [5, 5.41) is 0.696. The fraction of sp³-hybridized carbons (Fsp3) is 0.133. The van der Waals surface area contributed by atoms with E-state index in [4.69, 9.17) is 16.3 Å². The molecule has 2 aromatic carbocycles. The van der Waals surface area contributed by atoms with E-state index in [-0.39, 0.29) is 5.97 Å². The smallest absolute Gasteiger partial charge is 0.311 e. The Morgan fingerprint density at radius 2 is 1.68 bits per heavy atom. The molecule has 4 heteroatoms. The van der Waals surface area contributed by atoms with Gasteiger partial charge in [0.05, 0.1) is 0 Å². The van der Waals surface area contributed by atoms with Crippen LogP contribution in [0.1, 0.15) is 12.0 Å². The van der Waals surface area contributed by atoms with Gasteiger partial charge < -0.3 is 4.74 Å². The van der Waals surface area contributed by atoms with Gasteiger partial charge in [0.2, 0.25) is 0 Å². The number of hydrogen-bond donors (Lipinski definition) is 0. The highest BCUT2D eigenvalue weighted by atomic mass is 79.9. The highest BCUT2D eigenvalue weighted by Crippen LogP contribution is 2.17. The SMILES string of the molecule is O=C(CCc1ccc(Cl)cc1)Oc1ccc(Br)cc1. The Bertz CT molecular complexity index is 549. The minimum absolute atomic E-state index is 0.239. The fourth-order valence-corrected chi connectivity index (χ4v) is 1.97. The summed E-state index contributed by atoms with van der Waals surface area (Å²) in [6.45, 7) is 0. The van der Waals surface area contributed by atoms with E-state index in [1.165, 1.54) is 0 Å². The number of aryl methyl sites for hydroxylation is 1. The van der Waals surface area contributed by atoms with Gasteiger partial charge >= 0.3 is 5.97 Å². The van der Waals surface area contributed by atoms with Crippen molar-refractivity contribution in [2.45, 2.75) is 12.8 Å². The molecule has 0 aliphatic rings. The molecule has 2 rings (SSSR count). The summed E-state index contributed by atoms with van der Waals surface area (Å²) in [4.78, 5) is 11.7. The van der Waals surface area contributed by atoms with Gasteiger partial charge in [-0.15, -0.1) is 0 Å². The van der Waals surface area contributed by atoms with E-state index >= 15 is 0 Å². The lowest BCUT2D eigenvalue weighted by molar-refractivity contribution is -0.134. The van der Waals surface area contributed by atoms with E-state index in [0.717, 1.165) is 10.0 Å². The maximum absolute atomic E-state index is 11.7. The Kier molecular flexibility index (Phi) is 5.00. The minimum Gasteiger partial charge on any atom is -0.427 e. The summed E-state index contributed by atoms with van der Waals surface area (Å²) >= 11 is 9.13. The van der Waals surface area contributed by atoms with Crippen LogP contribution in [0.4, 0.5) is 0 Å². The number of esters is 1. The fourth-order valence-electron chi connectivity index (χ4n) is 1.58. The van der Waals surface area contributed by atoms with Gasteiger partial charge in [-0.05, 0) is 48.4 Å². The second kappa shape index (κ2) is 6.73. The van der Waals surface area contributed by atoms with E-state index in [9.17, 15) is 4.79 Å². The van der Waals surface area contributed by atoms with Gasteiger partial charge in [0.25, 0.3) is 0 Å². The molecule has 0 bridgehead atoms. The van der Waals surface area contributed by atoms with Crippen LogP contribution in [-0.2, 0) is 11.2 Å². The predicted octanol–water partition coefficient (Wildman–Crippen LogP) is 4.64. The number of carbonyl (C=O) groups excluding carboxylic acids is 1. The quantitative estimate of drug-likeness (QED) is 0.599. The number of hydrogen-bond acceptors (Lipinski definition) is 2. The molecule has 0 aliphatic heterocycles. The monoisotopic (exact) mass is 338 g/mol. The lowest BCUT2D eigenvalue weighted by atomic mass is 10.1. The van der Waals surface area contributed by atoms with Crippen LogP contribution < -0.4 is 4.74 Å². The van der Waals surface area contributed by atoms with Gasteiger partial charge in [-0.25, -0.2) is 0 Å². The standard InChI is InChI=1S/C15H12BrClO2/c16-12-4-8-14(9-5-12)19-15(18)10-3-11-1-6-13(17)7-2-11/h1-2,4-9H,3,10H2. The van der Waals surface area contributed by atoms with E-state index in [0.29, 0.717) is 23.6 Å². The molecular formula is C15H12BrClO2. The Balaban J connectivity index is 1.84. The number of rotatable bonds is 4. The zero-order valence-electron chi connectivity index (χ0n) is 10.1. The average Bonchev–Trinajstić information content (AvgIpc) is 2.41. The Morgan fingerprint density at radius 3 is 2.32 bits per heavy atom. The molecule has 0 amide bonds. The molecule has 0 atom stereocenters. The maximum Gasteiger partial charge on any atom is 0.311 e. The minimum atomic E-state index is -0.239. The Morgan fingerprint density at radius 1 is 1.05 bits per heavy atom. The van der Waals surface area contributed by atoms with Crippen molar-refractivity contribution in [2.24, 2.45) is 0 Å². The van der Waals surface area contributed by atoms with E-state index in [1.807, 2.05) is 36.4 Å². The number of ether oxygens (including phenoxy) is 1. The van der Waals surface area contributed by atoms with Crippen molar-refractivity contribution >= 4 is 33.5 Å². The second-order valence-corrected chi connectivity index (χ2v) is 5.41. The van der Waals surface area contributed by atoms with Crippen LogP contribution in [0.25, 0.3) is 0 Å². The summed E-state index contributed by atoms with van der Waals surface area (Å²) in [5.74, 6) is 0.321.